The Kier molecular flexibility index (Phi) is 8.32. The molecule has 3 atom stereocenters. The Morgan fingerprint density at radius 3 is 2.24 bits per heavy atom. The van der Waals surface area contributed by atoms with E-state index in [9.17, 15) is 14.7 Å². The molecule has 0 aromatic carbocycles. The summed E-state index contributed by atoms with van der Waals surface area (Å²) in [5.41, 5.74) is -0.674. The van der Waals surface area contributed by atoms with Gasteiger partial charge in [-0.1, -0.05) is 20.3 Å². The first-order valence-corrected chi connectivity index (χ1v) is 7.40. The smallest absolute Gasteiger partial charge is 0.408 e. The number of hydrogen-bond donors (Lipinski definition) is 2. The van der Waals surface area contributed by atoms with Gasteiger partial charge in [0.15, 0.2) is 6.04 Å². The minimum absolute atomic E-state index is 0.355. The molecule has 124 valence electrons. The number of amides is 1. The summed E-state index contributed by atoms with van der Waals surface area (Å²) in [5, 5.41) is 11.6. The van der Waals surface area contributed by atoms with Crippen molar-refractivity contribution in [3.8, 4) is 0 Å². The van der Waals surface area contributed by atoms with E-state index >= 15 is 0 Å². The van der Waals surface area contributed by atoms with E-state index in [1.165, 1.54) is 0 Å². The quantitative estimate of drug-likeness (QED) is 0.720. The van der Waals surface area contributed by atoms with Gasteiger partial charge in [0.2, 0.25) is 0 Å². The molecule has 0 aliphatic heterocycles. The van der Waals surface area contributed by atoms with Gasteiger partial charge in [-0.05, 0) is 40.0 Å². The Morgan fingerprint density at radius 1 is 1.24 bits per heavy atom. The van der Waals surface area contributed by atoms with Crippen molar-refractivity contribution in [3.05, 3.63) is 0 Å². The Labute approximate surface area is 127 Å². The SMILES string of the molecule is CCCC(C)COC(C)C(NC(=O)OC(C)(C)C)C(=O)O. The molecule has 0 fully saturated rings. The van der Waals surface area contributed by atoms with Crippen LogP contribution in [0.2, 0.25) is 0 Å². The monoisotopic (exact) mass is 303 g/mol. The molecule has 0 aliphatic carbocycles. The van der Waals surface area contributed by atoms with Crippen molar-refractivity contribution in [2.45, 2.75) is 72.1 Å². The number of carboxylic acids is 1. The van der Waals surface area contributed by atoms with Gasteiger partial charge < -0.3 is 19.9 Å². The first-order chi connectivity index (χ1) is 9.56. The van der Waals surface area contributed by atoms with Gasteiger partial charge in [0.1, 0.15) is 5.60 Å². The first-order valence-electron chi connectivity index (χ1n) is 7.40. The summed E-state index contributed by atoms with van der Waals surface area (Å²) in [5.74, 6) is -0.787. The van der Waals surface area contributed by atoms with E-state index in [4.69, 9.17) is 9.47 Å². The topological polar surface area (TPSA) is 84.9 Å². The van der Waals surface area contributed by atoms with Crippen LogP contribution in [0.4, 0.5) is 4.79 Å². The zero-order chi connectivity index (χ0) is 16.6. The molecule has 2 N–H and O–H groups in total. The highest BCUT2D eigenvalue weighted by Gasteiger charge is 2.29. The van der Waals surface area contributed by atoms with Crippen molar-refractivity contribution in [3.63, 3.8) is 0 Å². The van der Waals surface area contributed by atoms with Crippen LogP contribution in [-0.4, -0.2) is 41.5 Å². The average Bonchev–Trinajstić information content (AvgIpc) is 2.31. The number of hydrogen-bond acceptors (Lipinski definition) is 4. The summed E-state index contributed by atoms with van der Waals surface area (Å²) in [6.45, 7) is 11.4. The number of carbonyl (C=O) groups excluding carboxylic acids is 1. The molecule has 0 saturated heterocycles. The molecule has 0 aliphatic rings. The summed E-state index contributed by atoms with van der Waals surface area (Å²) in [7, 11) is 0. The molecular formula is C15H29NO5. The lowest BCUT2D eigenvalue weighted by molar-refractivity contribution is -0.143. The maximum Gasteiger partial charge on any atom is 0.408 e. The van der Waals surface area contributed by atoms with Crippen molar-refractivity contribution in [2.24, 2.45) is 5.92 Å². The van der Waals surface area contributed by atoms with E-state index in [0.717, 1.165) is 12.8 Å². The number of carboxylic acid groups (broad SMARTS) is 1. The van der Waals surface area contributed by atoms with Crippen molar-refractivity contribution >= 4 is 12.1 Å². The molecule has 1 amide bonds. The predicted octanol–water partition coefficient (Wildman–Crippen LogP) is 2.81. The minimum atomic E-state index is -1.14. The zero-order valence-electron chi connectivity index (χ0n) is 13.9. The Balaban J connectivity index is 4.47. The minimum Gasteiger partial charge on any atom is -0.480 e. The fraction of sp³-hybridized carbons (Fsp3) is 0.867. The zero-order valence-corrected chi connectivity index (χ0v) is 13.9. The van der Waals surface area contributed by atoms with Crippen LogP contribution >= 0.6 is 0 Å². The molecule has 0 rings (SSSR count). The number of nitrogens with one attached hydrogen (secondary N) is 1. The van der Waals surface area contributed by atoms with Crippen molar-refractivity contribution in [2.75, 3.05) is 6.61 Å². The van der Waals surface area contributed by atoms with E-state index in [1.807, 2.05) is 6.92 Å². The molecule has 6 heteroatoms. The third-order valence-electron chi connectivity index (χ3n) is 2.83. The highest BCUT2D eigenvalue weighted by molar-refractivity contribution is 5.80. The Bertz CT molecular complexity index is 337. The molecule has 21 heavy (non-hydrogen) atoms. The third kappa shape index (κ3) is 9.28. The Hall–Kier alpha value is -1.30. The van der Waals surface area contributed by atoms with Crippen LogP contribution in [0, 0.1) is 5.92 Å². The molecule has 0 aromatic rings. The molecule has 0 radical (unpaired) electrons. The van der Waals surface area contributed by atoms with E-state index in [2.05, 4.69) is 12.2 Å². The molecule has 0 heterocycles. The standard InChI is InChI=1S/C15H29NO5/c1-7-8-10(2)9-20-11(3)12(13(17)18)16-14(19)21-15(4,5)6/h10-12H,7-9H2,1-6H3,(H,16,19)(H,17,18). The third-order valence-corrected chi connectivity index (χ3v) is 2.83. The van der Waals surface area contributed by atoms with E-state index in [0.29, 0.717) is 12.5 Å². The average molecular weight is 303 g/mol. The van der Waals surface area contributed by atoms with Crippen molar-refractivity contribution in [1.29, 1.82) is 0 Å². The number of ether oxygens (including phenoxy) is 2. The second kappa shape index (κ2) is 8.87. The second-order valence-corrected chi connectivity index (χ2v) is 6.39. The van der Waals surface area contributed by atoms with Crippen LogP contribution < -0.4 is 5.32 Å². The van der Waals surface area contributed by atoms with Gasteiger partial charge in [0.05, 0.1) is 6.10 Å². The van der Waals surface area contributed by atoms with Crippen LogP contribution in [0.1, 0.15) is 54.4 Å². The highest BCUT2D eigenvalue weighted by Crippen LogP contribution is 2.10. The van der Waals surface area contributed by atoms with Crippen LogP contribution in [0.5, 0.6) is 0 Å². The number of carbonyl (C=O) groups is 2. The van der Waals surface area contributed by atoms with Crippen LogP contribution in [-0.2, 0) is 14.3 Å². The lowest BCUT2D eigenvalue weighted by Gasteiger charge is -2.25. The van der Waals surface area contributed by atoms with Gasteiger partial charge >= 0.3 is 12.1 Å². The number of rotatable bonds is 8. The fourth-order valence-corrected chi connectivity index (χ4v) is 1.80. The molecular weight excluding hydrogens is 274 g/mol. The van der Waals surface area contributed by atoms with Crippen molar-refractivity contribution in [1.82, 2.24) is 5.32 Å². The van der Waals surface area contributed by atoms with Gasteiger partial charge in [-0.3, -0.25) is 0 Å². The van der Waals surface area contributed by atoms with Gasteiger partial charge in [0, 0.05) is 6.61 Å². The van der Waals surface area contributed by atoms with Crippen LogP contribution in [0.25, 0.3) is 0 Å². The molecule has 0 bridgehead atoms. The van der Waals surface area contributed by atoms with E-state index < -0.39 is 29.8 Å². The normalized spacial score (nSPS) is 15.9. The van der Waals surface area contributed by atoms with Crippen molar-refractivity contribution < 1.29 is 24.2 Å². The maximum atomic E-state index is 11.7. The summed E-state index contributed by atoms with van der Waals surface area (Å²) in [6, 6.07) is -1.13. The summed E-state index contributed by atoms with van der Waals surface area (Å²) in [6.07, 6.45) is 0.683. The molecule has 3 unspecified atom stereocenters. The van der Waals surface area contributed by atoms with E-state index in [1.54, 1.807) is 27.7 Å². The highest BCUT2D eigenvalue weighted by atomic mass is 16.6. The number of aliphatic carboxylic acids is 1. The Morgan fingerprint density at radius 2 is 1.81 bits per heavy atom. The summed E-state index contributed by atoms with van der Waals surface area (Å²) >= 11 is 0. The van der Waals surface area contributed by atoms with E-state index in [-0.39, 0.29) is 0 Å². The van der Waals surface area contributed by atoms with Gasteiger partial charge in [0.25, 0.3) is 0 Å². The lowest BCUT2D eigenvalue weighted by Crippen LogP contribution is -2.50. The first kappa shape index (κ1) is 19.7. The number of alkyl carbamates (subject to hydrolysis) is 1. The van der Waals surface area contributed by atoms with Gasteiger partial charge in [-0.25, -0.2) is 9.59 Å². The van der Waals surface area contributed by atoms with Gasteiger partial charge in [-0.2, -0.15) is 0 Å². The molecule has 0 spiro atoms. The lowest BCUT2D eigenvalue weighted by atomic mass is 10.1. The fourth-order valence-electron chi connectivity index (χ4n) is 1.80. The summed E-state index contributed by atoms with van der Waals surface area (Å²) in [4.78, 5) is 22.9. The molecule has 0 aromatic heterocycles. The summed E-state index contributed by atoms with van der Waals surface area (Å²) < 4.78 is 10.6. The predicted molar refractivity (Wildman–Crippen MR) is 80.3 cm³/mol. The largest absolute Gasteiger partial charge is 0.480 e. The molecule has 0 saturated carbocycles. The molecule has 6 nitrogen and oxygen atoms in total. The van der Waals surface area contributed by atoms with Crippen LogP contribution in [0.15, 0.2) is 0 Å². The van der Waals surface area contributed by atoms with Gasteiger partial charge in [-0.15, -0.1) is 0 Å². The second-order valence-electron chi connectivity index (χ2n) is 6.39. The van der Waals surface area contributed by atoms with Crippen LogP contribution in [0.3, 0.4) is 0 Å². The maximum absolute atomic E-state index is 11.7.